The third-order valence-electron chi connectivity index (χ3n) is 3.67. The number of hydrogen-bond donors (Lipinski definition) is 1. The summed E-state index contributed by atoms with van der Waals surface area (Å²) >= 11 is 0. The van der Waals surface area contributed by atoms with Gasteiger partial charge in [0, 0.05) is 16.5 Å². The van der Waals surface area contributed by atoms with Crippen molar-refractivity contribution < 1.29 is 4.74 Å². The number of benzene rings is 2. The molecular formula is C18H25NO. The second-order valence-electron chi connectivity index (χ2n) is 5.31. The van der Waals surface area contributed by atoms with E-state index in [-0.39, 0.29) is 0 Å². The van der Waals surface area contributed by atoms with Gasteiger partial charge in [0.25, 0.3) is 0 Å². The molecule has 0 saturated carbocycles. The molecular weight excluding hydrogens is 246 g/mol. The van der Waals surface area contributed by atoms with E-state index < -0.39 is 0 Å². The molecule has 2 aromatic carbocycles. The Labute approximate surface area is 121 Å². The molecule has 0 radical (unpaired) electrons. The minimum absolute atomic E-state index is 0.792. The van der Waals surface area contributed by atoms with Gasteiger partial charge in [0.05, 0.1) is 6.61 Å². The SMILES string of the molecule is CCCCCCCCOc1cccc2c(N)cccc12. The molecule has 0 aromatic heterocycles. The summed E-state index contributed by atoms with van der Waals surface area (Å²) in [7, 11) is 0. The summed E-state index contributed by atoms with van der Waals surface area (Å²) in [4.78, 5) is 0. The Morgan fingerprint density at radius 2 is 1.55 bits per heavy atom. The predicted molar refractivity (Wildman–Crippen MR) is 87.2 cm³/mol. The fourth-order valence-corrected chi connectivity index (χ4v) is 2.50. The first-order valence-electron chi connectivity index (χ1n) is 7.73. The fraction of sp³-hybridized carbons (Fsp3) is 0.444. The van der Waals surface area contributed by atoms with Crippen molar-refractivity contribution in [3.05, 3.63) is 36.4 Å². The van der Waals surface area contributed by atoms with Crippen molar-refractivity contribution in [2.24, 2.45) is 0 Å². The highest BCUT2D eigenvalue weighted by Crippen LogP contribution is 2.29. The molecule has 0 aliphatic carbocycles. The zero-order valence-corrected chi connectivity index (χ0v) is 12.4. The van der Waals surface area contributed by atoms with Gasteiger partial charge in [-0.1, -0.05) is 63.3 Å². The Morgan fingerprint density at radius 3 is 2.40 bits per heavy atom. The van der Waals surface area contributed by atoms with Crippen molar-refractivity contribution >= 4 is 16.5 Å². The van der Waals surface area contributed by atoms with Crippen LogP contribution >= 0.6 is 0 Å². The summed E-state index contributed by atoms with van der Waals surface area (Å²) in [5.74, 6) is 0.948. The van der Waals surface area contributed by atoms with Gasteiger partial charge >= 0.3 is 0 Å². The molecule has 2 nitrogen and oxygen atoms in total. The average molecular weight is 271 g/mol. The third kappa shape index (κ3) is 3.89. The van der Waals surface area contributed by atoms with Gasteiger partial charge in [-0.05, 0) is 18.6 Å². The summed E-state index contributed by atoms with van der Waals surface area (Å²) in [5.41, 5.74) is 6.80. The van der Waals surface area contributed by atoms with E-state index in [1.807, 2.05) is 30.3 Å². The van der Waals surface area contributed by atoms with Gasteiger partial charge in [0.15, 0.2) is 0 Å². The van der Waals surface area contributed by atoms with Crippen LogP contribution in [0.5, 0.6) is 5.75 Å². The first-order valence-corrected chi connectivity index (χ1v) is 7.73. The molecule has 0 saturated heterocycles. The molecule has 108 valence electrons. The van der Waals surface area contributed by atoms with Crippen molar-refractivity contribution in [2.45, 2.75) is 45.4 Å². The van der Waals surface area contributed by atoms with Crippen LogP contribution < -0.4 is 10.5 Å². The topological polar surface area (TPSA) is 35.2 Å². The predicted octanol–water partition coefficient (Wildman–Crippen LogP) is 5.16. The lowest BCUT2D eigenvalue weighted by atomic mass is 10.1. The number of nitrogens with two attached hydrogens (primary N) is 1. The molecule has 20 heavy (non-hydrogen) atoms. The highest BCUT2D eigenvalue weighted by Gasteiger charge is 2.03. The minimum Gasteiger partial charge on any atom is -0.493 e. The molecule has 0 fully saturated rings. The summed E-state index contributed by atoms with van der Waals surface area (Å²) in [6.45, 7) is 3.04. The molecule has 0 unspecified atom stereocenters. The van der Waals surface area contributed by atoms with Gasteiger partial charge in [-0.3, -0.25) is 0 Å². The van der Waals surface area contributed by atoms with E-state index in [1.54, 1.807) is 0 Å². The van der Waals surface area contributed by atoms with E-state index in [0.29, 0.717) is 0 Å². The molecule has 0 spiro atoms. The zero-order chi connectivity index (χ0) is 14.2. The second kappa shape index (κ2) is 7.78. The van der Waals surface area contributed by atoms with E-state index in [9.17, 15) is 0 Å². The van der Waals surface area contributed by atoms with Gasteiger partial charge in [0.1, 0.15) is 5.75 Å². The Kier molecular flexibility index (Phi) is 5.72. The van der Waals surface area contributed by atoms with Crippen molar-refractivity contribution in [2.75, 3.05) is 12.3 Å². The Balaban J connectivity index is 1.86. The van der Waals surface area contributed by atoms with Crippen LogP contribution in [-0.2, 0) is 0 Å². The molecule has 0 aliphatic rings. The number of fused-ring (bicyclic) bond motifs is 1. The molecule has 0 aliphatic heterocycles. The fourth-order valence-electron chi connectivity index (χ4n) is 2.50. The normalized spacial score (nSPS) is 10.8. The van der Waals surface area contributed by atoms with E-state index >= 15 is 0 Å². The van der Waals surface area contributed by atoms with Crippen molar-refractivity contribution in [1.82, 2.24) is 0 Å². The molecule has 2 aromatic rings. The molecule has 2 rings (SSSR count). The van der Waals surface area contributed by atoms with Gasteiger partial charge < -0.3 is 10.5 Å². The molecule has 2 N–H and O–H groups in total. The number of anilines is 1. The van der Waals surface area contributed by atoms with E-state index in [1.165, 1.54) is 32.1 Å². The highest BCUT2D eigenvalue weighted by atomic mass is 16.5. The van der Waals surface area contributed by atoms with Gasteiger partial charge in [-0.25, -0.2) is 0 Å². The molecule has 0 amide bonds. The Hall–Kier alpha value is -1.70. The monoisotopic (exact) mass is 271 g/mol. The zero-order valence-electron chi connectivity index (χ0n) is 12.4. The Morgan fingerprint density at radius 1 is 0.850 bits per heavy atom. The lowest BCUT2D eigenvalue weighted by Crippen LogP contribution is -1.98. The quantitative estimate of drug-likeness (QED) is 0.531. The first-order chi connectivity index (χ1) is 9.83. The van der Waals surface area contributed by atoms with Crippen molar-refractivity contribution in [1.29, 1.82) is 0 Å². The number of ether oxygens (including phenoxy) is 1. The number of rotatable bonds is 8. The lowest BCUT2D eigenvalue weighted by molar-refractivity contribution is 0.308. The maximum atomic E-state index is 5.99. The summed E-state index contributed by atoms with van der Waals surface area (Å²) in [5, 5.41) is 2.19. The van der Waals surface area contributed by atoms with Gasteiger partial charge in [-0.2, -0.15) is 0 Å². The summed E-state index contributed by atoms with van der Waals surface area (Å²) < 4.78 is 5.93. The van der Waals surface area contributed by atoms with Crippen LogP contribution in [0.1, 0.15) is 45.4 Å². The average Bonchev–Trinajstić information content (AvgIpc) is 2.47. The maximum absolute atomic E-state index is 5.99. The number of unbranched alkanes of at least 4 members (excludes halogenated alkanes) is 5. The molecule has 2 heteroatoms. The standard InChI is InChI=1S/C18H25NO/c1-2-3-4-5-6-7-14-20-18-13-9-10-15-16(18)11-8-12-17(15)19/h8-13H,2-7,14,19H2,1H3. The summed E-state index contributed by atoms with van der Waals surface area (Å²) in [6.07, 6.45) is 7.70. The van der Waals surface area contributed by atoms with Gasteiger partial charge in [0.2, 0.25) is 0 Å². The molecule has 0 atom stereocenters. The maximum Gasteiger partial charge on any atom is 0.127 e. The lowest BCUT2D eigenvalue weighted by Gasteiger charge is -2.10. The third-order valence-corrected chi connectivity index (χ3v) is 3.67. The highest BCUT2D eigenvalue weighted by molar-refractivity contribution is 5.96. The van der Waals surface area contributed by atoms with Crippen LogP contribution in [0.25, 0.3) is 10.8 Å². The van der Waals surface area contributed by atoms with E-state index in [4.69, 9.17) is 10.5 Å². The number of hydrogen-bond acceptors (Lipinski definition) is 2. The van der Waals surface area contributed by atoms with Crippen LogP contribution in [0.15, 0.2) is 36.4 Å². The van der Waals surface area contributed by atoms with Crippen LogP contribution in [0.2, 0.25) is 0 Å². The Bertz CT molecular complexity index is 536. The van der Waals surface area contributed by atoms with Crippen molar-refractivity contribution in [3.63, 3.8) is 0 Å². The second-order valence-corrected chi connectivity index (χ2v) is 5.31. The van der Waals surface area contributed by atoms with Gasteiger partial charge in [-0.15, -0.1) is 0 Å². The molecule has 0 heterocycles. The molecule has 0 bridgehead atoms. The van der Waals surface area contributed by atoms with Crippen molar-refractivity contribution in [3.8, 4) is 5.75 Å². The van der Waals surface area contributed by atoms with E-state index in [0.717, 1.165) is 35.2 Å². The number of nitrogen functional groups attached to an aromatic ring is 1. The van der Waals surface area contributed by atoms with Crippen LogP contribution in [0.4, 0.5) is 5.69 Å². The first kappa shape index (κ1) is 14.7. The van der Waals surface area contributed by atoms with E-state index in [2.05, 4.69) is 13.0 Å². The van der Waals surface area contributed by atoms with Crippen LogP contribution in [0.3, 0.4) is 0 Å². The summed E-state index contributed by atoms with van der Waals surface area (Å²) in [6, 6.07) is 12.1. The van der Waals surface area contributed by atoms with Crippen LogP contribution in [-0.4, -0.2) is 6.61 Å². The largest absolute Gasteiger partial charge is 0.493 e. The van der Waals surface area contributed by atoms with Crippen LogP contribution in [0, 0.1) is 0 Å². The smallest absolute Gasteiger partial charge is 0.127 e. The minimum atomic E-state index is 0.792.